The lowest BCUT2D eigenvalue weighted by molar-refractivity contribution is -0.118. The summed E-state index contributed by atoms with van der Waals surface area (Å²) in [5.74, 6) is 1.89. The molecule has 3 aromatic rings. The number of hydrogen-bond donors (Lipinski definition) is 1. The van der Waals surface area contributed by atoms with Crippen molar-refractivity contribution in [3.05, 3.63) is 52.5 Å². The predicted octanol–water partition coefficient (Wildman–Crippen LogP) is 3.99. The van der Waals surface area contributed by atoms with Crippen molar-refractivity contribution in [2.75, 3.05) is 20.0 Å². The molecule has 0 saturated carbocycles. The van der Waals surface area contributed by atoms with E-state index in [0.717, 1.165) is 15.6 Å². The fourth-order valence-electron chi connectivity index (χ4n) is 2.80. The number of carbonyl (C=O) groups excluding carboxylic acids is 1. The smallest absolute Gasteiger partial charge is 0.250 e. The van der Waals surface area contributed by atoms with Crippen LogP contribution < -0.4 is 14.9 Å². The number of nitrogens with one attached hydrogen (secondary N) is 1. The summed E-state index contributed by atoms with van der Waals surface area (Å²) in [5.41, 5.74) is 4.26. The Bertz CT molecular complexity index is 1090. The number of carbonyl (C=O) groups is 1. The molecule has 31 heavy (non-hydrogen) atoms. The first-order valence-corrected chi connectivity index (χ1v) is 11.2. The molecule has 1 aromatic heterocycles. The van der Waals surface area contributed by atoms with Crippen molar-refractivity contribution >= 4 is 39.8 Å². The van der Waals surface area contributed by atoms with Gasteiger partial charge in [0.1, 0.15) is 0 Å². The highest BCUT2D eigenvalue weighted by Crippen LogP contribution is 2.32. The van der Waals surface area contributed by atoms with Crippen LogP contribution in [-0.4, -0.2) is 46.9 Å². The molecule has 162 valence electrons. The molecule has 0 spiro atoms. The van der Waals surface area contributed by atoms with Crippen LogP contribution in [0.1, 0.15) is 12.5 Å². The third-order valence-electron chi connectivity index (χ3n) is 4.26. The first kappa shape index (κ1) is 22.8. The zero-order chi connectivity index (χ0) is 22.2. The second-order valence-electron chi connectivity index (χ2n) is 6.26. The summed E-state index contributed by atoms with van der Waals surface area (Å²) >= 11 is 4.70. The fourth-order valence-corrected chi connectivity index (χ4v) is 4.01. The van der Waals surface area contributed by atoms with Crippen LogP contribution in [0.2, 0.25) is 0 Å². The molecule has 0 aliphatic heterocycles. The molecule has 10 heteroatoms. The minimum absolute atomic E-state index is 0.167. The van der Waals surface area contributed by atoms with E-state index in [4.69, 9.17) is 9.47 Å². The zero-order valence-electron chi connectivity index (χ0n) is 17.3. The van der Waals surface area contributed by atoms with E-state index in [-0.39, 0.29) is 11.7 Å². The summed E-state index contributed by atoms with van der Waals surface area (Å²) in [6.07, 6.45) is 1.59. The zero-order valence-corrected chi connectivity index (χ0v) is 19.7. The van der Waals surface area contributed by atoms with Gasteiger partial charge in [-0.25, -0.2) is 5.43 Å². The van der Waals surface area contributed by atoms with E-state index in [2.05, 4.69) is 36.7 Å². The Balaban J connectivity index is 1.65. The molecule has 0 saturated heterocycles. The molecule has 0 radical (unpaired) electrons. The van der Waals surface area contributed by atoms with E-state index in [1.54, 1.807) is 20.4 Å². The maximum absolute atomic E-state index is 12.2. The second kappa shape index (κ2) is 11.0. The quantitative estimate of drug-likeness (QED) is 0.269. The molecule has 0 aliphatic carbocycles. The normalized spacial score (nSPS) is 11.0. The maximum atomic E-state index is 12.2. The molecule has 0 fully saturated rings. The van der Waals surface area contributed by atoms with Crippen molar-refractivity contribution < 1.29 is 14.3 Å². The molecular formula is C21H22BrN5O3S. The summed E-state index contributed by atoms with van der Waals surface area (Å²) in [7, 11) is 3.18. The lowest BCUT2D eigenvalue weighted by atomic mass is 10.2. The first-order chi connectivity index (χ1) is 15.0. The largest absolute Gasteiger partial charge is 0.493 e. The van der Waals surface area contributed by atoms with Crippen molar-refractivity contribution in [3.63, 3.8) is 0 Å². The van der Waals surface area contributed by atoms with Gasteiger partial charge in [-0.3, -0.25) is 4.79 Å². The van der Waals surface area contributed by atoms with Crippen LogP contribution in [0.15, 0.2) is 57.2 Å². The second-order valence-corrected chi connectivity index (χ2v) is 8.12. The number of rotatable bonds is 9. The third kappa shape index (κ3) is 5.86. The van der Waals surface area contributed by atoms with Crippen molar-refractivity contribution in [3.8, 4) is 22.9 Å². The summed E-state index contributed by atoms with van der Waals surface area (Å²) in [6.45, 7) is 2.65. The number of benzene rings is 2. The Morgan fingerprint density at radius 3 is 2.71 bits per heavy atom. The molecule has 0 atom stereocenters. The maximum Gasteiger partial charge on any atom is 0.250 e. The highest BCUT2D eigenvalue weighted by molar-refractivity contribution is 9.10. The van der Waals surface area contributed by atoms with Gasteiger partial charge in [0, 0.05) is 16.6 Å². The minimum Gasteiger partial charge on any atom is -0.493 e. The van der Waals surface area contributed by atoms with Gasteiger partial charge < -0.3 is 14.0 Å². The number of hydrogen-bond acceptors (Lipinski definition) is 7. The average Bonchev–Trinajstić information content (AvgIpc) is 3.20. The molecule has 1 amide bonds. The summed E-state index contributed by atoms with van der Waals surface area (Å²) in [4.78, 5) is 12.2. The molecular weight excluding hydrogens is 482 g/mol. The number of halogens is 1. The van der Waals surface area contributed by atoms with Gasteiger partial charge in [-0.2, -0.15) is 5.10 Å². The Kier molecular flexibility index (Phi) is 8.07. The molecule has 0 aliphatic rings. The van der Waals surface area contributed by atoms with Crippen LogP contribution >= 0.6 is 27.7 Å². The molecule has 2 aromatic carbocycles. The number of nitrogens with zero attached hydrogens (tertiary/aromatic N) is 4. The van der Waals surface area contributed by atoms with E-state index < -0.39 is 0 Å². The van der Waals surface area contributed by atoms with Crippen molar-refractivity contribution in [1.82, 2.24) is 20.2 Å². The van der Waals surface area contributed by atoms with Gasteiger partial charge in [0.2, 0.25) is 0 Å². The third-order valence-corrected chi connectivity index (χ3v) is 5.72. The van der Waals surface area contributed by atoms with E-state index in [1.165, 1.54) is 11.8 Å². The van der Waals surface area contributed by atoms with Gasteiger partial charge in [0.25, 0.3) is 5.91 Å². The summed E-state index contributed by atoms with van der Waals surface area (Å²) in [6, 6.07) is 13.2. The van der Waals surface area contributed by atoms with Gasteiger partial charge in [-0.05, 0) is 42.8 Å². The number of aromatic nitrogens is 3. The topological polar surface area (TPSA) is 90.6 Å². The van der Waals surface area contributed by atoms with Gasteiger partial charge in [0.05, 0.1) is 26.2 Å². The Morgan fingerprint density at radius 1 is 1.19 bits per heavy atom. The molecule has 0 bridgehead atoms. The SMILES string of the molecule is CCn1c(SCC(=O)N/N=C\c2cccc(Br)c2)nnc1-c1ccc(OC)c(OC)c1. The van der Waals surface area contributed by atoms with Crippen LogP contribution in [0.3, 0.4) is 0 Å². The first-order valence-electron chi connectivity index (χ1n) is 9.41. The lowest BCUT2D eigenvalue weighted by Gasteiger charge is -2.10. The van der Waals surface area contributed by atoms with Crippen LogP contribution in [0.25, 0.3) is 11.4 Å². The van der Waals surface area contributed by atoms with Crippen molar-refractivity contribution in [2.24, 2.45) is 5.10 Å². The number of thioether (sulfide) groups is 1. The van der Waals surface area contributed by atoms with Crippen LogP contribution in [0.4, 0.5) is 0 Å². The van der Waals surface area contributed by atoms with Crippen molar-refractivity contribution in [2.45, 2.75) is 18.6 Å². The Labute approximate surface area is 193 Å². The predicted molar refractivity (Wildman–Crippen MR) is 125 cm³/mol. The number of ether oxygens (including phenoxy) is 2. The lowest BCUT2D eigenvalue weighted by Crippen LogP contribution is -2.20. The van der Waals surface area contributed by atoms with Gasteiger partial charge in [0.15, 0.2) is 22.5 Å². The van der Waals surface area contributed by atoms with Gasteiger partial charge in [-0.15, -0.1) is 10.2 Å². The van der Waals surface area contributed by atoms with E-state index >= 15 is 0 Å². The van der Waals surface area contributed by atoms with Gasteiger partial charge in [-0.1, -0.05) is 39.8 Å². The highest BCUT2D eigenvalue weighted by atomic mass is 79.9. The van der Waals surface area contributed by atoms with Crippen LogP contribution in [0, 0.1) is 0 Å². The monoisotopic (exact) mass is 503 g/mol. The Hall–Kier alpha value is -2.85. The van der Waals surface area contributed by atoms with Crippen LogP contribution in [0.5, 0.6) is 11.5 Å². The minimum atomic E-state index is -0.227. The standard InChI is InChI=1S/C21H22BrN5O3S/c1-4-27-20(15-8-9-17(29-2)18(11-15)30-3)25-26-21(27)31-13-19(28)24-23-12-14-6-5-7-16(22)10-14/h5-12H,4,13H2,1-3H3,(H,24,28)/b23-12-. The summed E-state index contributed by atoms with van der Waals surface area (Å²) in [5, 5.41) is 13.2. The average molecular weight is 504 g/mol. The van der Waals surface area contributed by atoms with Crippen molar-refractivity contribution in [1.29, 1.82) is 0 Å². The number of amides is 1. The van der Waals surface area contributed by atoms with Gasteiger partial charge >= 0.3 is 0 Å². The highest BCUT2D eigenvalue weighted by Gasteiger charge is 2.16. The Morgan fingerprint density at radius 2 is 2.00 bits per heavy atom. The molecule has 3 rings (SSSR count). The van der Waals surface area contributed by atoms with E-state index in [0.29, 0.717) is 29.0 Å². The van der Waals surface area contributed by atoms with E-state index in [1.807, 2.05) is 54.0 Å². The van der Waals surface area contributed by atoms with E-state index in [9.17, 15) is 4.79 Å². The number of hydrazone groups is 1. The molecule has 1 heterocycles. The number of methoxy groups -OCH3 is 2. The summed E-state index contributed by atoms with van der Waals surface area (Å²) < 4.78 is 13.6. The molecule has 0 unspecified atom stereocenters. The molecule has 8 nitrogen and oxygen atoms in total. The fraction of sp³-hybridized carbons (Fsp3) is 0.238. The molecule has 1 N–H and O–H groups in total. The van der Waals surface area contributed by atoms with Crippen LogP contribution in [-0.2, 0) is 11.3 Å².